The zero-order valence-corrected chi connectivity index (χ0v) is 24.0. The summed E-state index contributed by atoms with van der Waals surface area (Å²) in [6.45, 7) is 6.35. The normalized spacial score (nSPS) is 24.0. The summed E-state index contributed by atoms with van der Waals surface area (Å²) >= 11 is 1.31. The van der Waals surface area contributed by atoms with Crippen LogP contribution in [0.3, 0.4) is 0 Å². The Hall–Kier alpha value is -3.42. The number of carbonyl (C=O) groups excluding carboxylic acids is 1. The first-order valence-electron chi connectivity index (χ1n) is 14.2. The van der Waals surface area contributed by atoms with Gasteiger partial charge in [-0.1, -0.05) is 18.7 Å². The second kappa shape index (κ2) is 10.6. The van der Waals surface area contributed by atoms with Crippen LogP contribution in [-0.4, -0.2) is 88.5 Å². The van der Waals surface area contributed by atoms with Gasteiger partial charge in [-0.3, -0.25) is 14.3 Å². The minimum Gasteiger partial charge on any atom is -0.375 e. The lowest BCUT2D eigenvalue weighted by atomic mass is 9.96. The van der Waals surface area contributed by atoms with Crippen LogP contribution in [0.25, 0.3) is 22.0 Å². The van der Waals surface area contributed by atoms with Crippen molar-refractivity contribution in [3.05, 3.63) is 64.9 Å². The van der Waals surface area contributed by atoms with Gasteiger partial charge < -0.3 is 14.5 Å². The number of thioether (sulfide) groups is 1. The van der Waals surface area contributed by atoms with E-state index in [2.05, 4.69) is 16.5 Å². The molecule has 43 heavy (non-hydrogen) atoms. The zero-order chi connectivity index (χ0) is 30.0. The molecule has 0 spiro atoms. The molecule has 4 aliphatic heterocycles. The van der Waals surface area contributed by atoms with Crippen LogP contribution in [0.4, 0.5) is 23.4 Å². The Kier molecular flexibility index (Phi) is 7.01. The van der Waals surface area contributed by atoms with Crippen molar-refractivity contribution >= 4 is 34.4 Å². The average Bonchev–Trinajstić information content (AvgIpc) is 3.57. The molecule has 2 aromatic carbocycles. The van der Waals surface area contributed by atoms with Crippen LogP contribution in [0, 0.1) is 5.82 Å². The minimum atomic E-state index is -4.74. The first-order chi connectivity index (χ1) is 20.6. The summed E-state index contributed by atoms with van der Waals surface area (Å²) in [5.74, 6) is -0.146. The fourth-order valence-corrected chi connectivity index (χ4v) is 8.24. The second-order valence-corrected chi connectivity index (χ2v) is 12.4. The summed E-state index contributed by atoms with van der Waals surface area (Å²) in [5, 5.41) is 0.232. The number of anilines is 1. The molecule has 1 aromatic heterocycles. The summed E-state index contributed by atoms with van der Waals surface area (Å²) in [6.07, 6.45) is -2.49. The molecule has 3 fully saturated rings. The number of amides is 1. The molecule has 3 aromatic rings. The van der Waals surface area contributed by atoms with Crippen molar-refractivity contribution in [2.45, 2.75) is 42.2 Å². The number of fused-ring (bicyclic) bond motifs is 2. The summed E-state index contributed by atoms with van der Waals surface area (Å²) in [5.41, 5.74) is -0.844. The van der Waals surface area contributed by atoms with E-state index >= 15 is 0 Å². The molecule has 2 bridgehead atoms. The fourth-order valence-electron chi connectivity index (χ4n) is 6.86. The number of morpholine rings is 1. The van der Waals surface area contributed by atoms with Crippen LogP contribution in [0.5, 0.6) is 0 Å². The van der Waals surface area contributed by atoms with Crippen molar-refractivity contribution in [1.82, 2.24) is 19.4 Å². The number of hydrogen-bond acceptors (Lipinski definition) is 7. The van der Waals surface area contributed by atoms with E-state index in [1.807, 2.05) is 0 Å². The molecule has 1 unspecified atom stereocenters. The van der Waals surface area contributed by atoms with Gasteiger partial charge in [0.2, 0.25) is 5.91 Å². The van der Waals surface area contributed by atoms with E-state index in [1.54, 1.807) is 9.80 Å². The molecule has 0 radical (unpaired) electrons. The summed E-state index contributed by atoms with van der Waals surface area (Å²) in [4.78, 5) is 36.4. The summed E-state index contributed by atoms with van der Waals surface area (Å²) < 4.78 is 65.8. The topological polar surface area (TPSA) is 70.9 Å². The van der Waals surface area contributed by atoms with Gasteiger partial charge in [-0.25, -0.2) is 9.18 Å². The number of alkyl halides is 3. The maximum absolute atomic E-state index is 14.9. The number of aromatic nitrogens is 2. The third kappa shape index (κ3) is 4.91. The number of rotatable bonds is 4. The molecular formula is C30H29F4N5O3S. The first kappa shape index (κ1) is 28.4. The predicted octanol–water partition coefficient (Wildman–Crippen LogP) is 4.00. The maximum Gasteiger partial charge on any atom is 0.417 e. The van der Waals surface area contributed by atoms with Crippen molar-refractivity contribution in [2.24, 2.45) is 0 Å². The molecule has 0 N–H and O–H groups in total. The third-order valence-corrected chi connectivity index (χ3v) is 10.2. The van der Waals surface area contributed by atoms with Crippen LogP contribution in [0.1, 0.15) is 12.0 Å². The SMILES string of the molecule is C=CC(=O)N1CCN(c2nc(=O)n3c4c(c(-c5ccc(F)cc5)c(C(F)(F)F)cc24)SCC(N2C[C@@H]4C[C@H]2CO4)C3)CC1. The van der Waals surface area contributed by atoms with E-state index < -0.39 is 23.2 Å². The van der Waals surface area contributed by atoms with E-state index in [1.165, 1.54) is 34.5 Å². The quantitative estimate of drug-likeness (QED) is 0.325. The summed E-state index contributed by atoms with van der Waals surface area (Å²) in [6, 6.07) is 6.16. The minimum absolute atomic E-state index is 0.0661. The van der Waals surface area contributed by atoms with E-state index in [4.69, 9.17) is 4.74 Å². The second-order valence-electron chi connectivity index (χ2n) is 11.4. The number of carbonyl (C=O) groups is 1. The van der Waals surface area contributed by atoms with E-state index in [0.29, 0.717) is 55.5 Å². The van der Waals surface area contributed by atoms with Crippen molar-refractivity contribution < 1.29 is 27.1 Å². The Labute approximate surface area is 248 Å². The maximum atomic E-state index is 14.9. The number of nitrogens with zero attached hydrogens (tertiary/aromatic N) is 5. The number of benzene rings is 2. The average molecular weight is 616 g/mol. The Morgan fingerprint density at radius 1 is 1.09 bits per heavy atom. The molecule has 5 heterocycles. The van der Waals surface area contributed by atoms with Crippen molar-refractivity contribution in [3.63, 3.8) is 0 Å². The molecule has 8 nitrogen and oxygen atoms in total. The highest BCUT2D eigenvalue weighted by Gasteiger charge is 2.44. The fraction of sp³-hybridized carbons (Fsp3) is 0.433. The first-order valence-corrected chi connectivity index (χ1v) is 15.2. The van der Waals surface area contributed by atoms with Crippen molar-refractivity contribution in [2.75, 3.05) is 50.0 Å². The van der Waals surface area contributed by atoms with Gasteiger partial charge in [0, 0.05) is 73.0 Å². The van der Waals surface area contributed by atoms with Gasteiger partial charge in [-0.2, -0.15) is 18.2 Å². The Morgan fingerprint density at radius 2 is 1.84 bits per heavy atom. The van der Waals surface area contributed by atoms with Gasteiger partial charge in [0.15, 0.2) is 0 Å². The van der Waals surface area contributed by atoms with Gasteiger partial charge in [-0.15, -0.1) is 11.8 Å². The highest BCUT2D eigenvalue weighted by molar-refractivity contribution is 7.99. The van der Waals surface area contributed by atoms with Crippen LogP contribution in [0.2, 0.25) is 0 Å². The third-order valence-electron chi connectivity index (χ3n) is 8.93. The molecule has 1 amide bonds. The Balaban J connectivity index is 1.43. The number of ether oxygens (including phenoxy) is 1. The van der Waals surface area contributed by atoms with Crippen molar-refractivity contribution in [1.29, 1.82) is 0 Å². The molecule has 3 atom stereocenters. The lowest BCUT2D eigenvalue weighted by Gasteiger charge is -2.36. The number of piperazine rings is 1. The van der Waals surface area contributed by atoms with Gasteiger partial charge in [0.1, 0.15) is 11.6 Å². The summed E-state index contributed by atoms with van der Waals surface area (Å²) in [7, 11) is 0. The highest BCUT2D eigenvalue weighted by atomic mass is 32.2. The van der Waals surface area contributed by atoms with Gasteiger partial charge in [0.05, 0.1) is 23.8 Å². The zero-order valence-electron chi connectivity index (χ0n) is 23.1. The lowest BCUT2D eigenvalue weighted by molar-refractivity contribution is -0.137. The standard InChI is InChI=1S/C30H29F4N5O3S/c1-2-24(40)36-7-9-37(10-8-36)28-22-12-23(30(32,33)34)25(17-3-5-18(31)6-4-17)27-26(22)39(29(41)35-28)13-20(16-43-27)38-14-21-11-19(38)15-42-21/h2-6,12,19-21H,1,7-11,13-16H2/t19-,20?,21-/m0/s1. The van der Waals surface area contributed by atoms with E-state index in [9.17, 15) is 27.2 Å². The Morgan fingerprint density at radius 3 is 2.47 bits per heavy atom. The van der Waals surface area contributed by atoms with Gasteiger partial charge in [0.25, 0.3) is 0 Å². The number of likely N-dealkylation sites (tertiary alicyclic amines) is 1. The molecule has 3 saturated heterocycles. The molecule has 0 aliphatic carbocycles. The smallest absolute Gasteiger partial charge is 0.375 e. The van der Waals surface area contributed by atoms with Crippen LogP contribution >= 0.6 is 11.8 Å². The van der Waals surface area contributed by atoms with Crippen molar-refractivity contribution in [3.8, 4) is 11.1 Å². The van der Waals surface area contributed by atoms with E-state index in [-0.39, 0.29) is 53.0 Å². The van der Waals surface area contributed by atoms with Gasteiger partial charge >= 0.3 is 11.9 Å². The molecule has 226 valence electrons. The highest BCUT2D eigenvalue weighted by Crippen LogP contribution is 2.49. The largest absolute Gasteiger partial charge is 0.417 e. The molecular weight excluding hydrogens is 586 g/mol. The molecule has 0 saturated carbocycles. The van der Waals surface area contributed by atoms with Gasteiger partial charge in [-0.05, 0) is 36.3 Å². The molecule has 4 aliphatic rings. The lowest BCUT2D eigenvalue weighted by Crippen LogP contribution is -2.49. The number of halogens is 4. The van der Waals surface area contributed by atoms with Crippen LogP contribution in [0.15, 0.2) is 52.7 Å². The van der Waals surface area contributed by atoms with E-state index in [0.717, 1.165) is 24.6 Å². The molecule has 7 rings (SSSR count). The molecule has 13 heteroatoms. The number of hydrogen-bond donors (Lipinski definition) is 0. The van der Waals surface area contributed by atoms with Crippen LogP contribution < -0.4 is 10.6 Å². The Bertz CT molecular complexity index is 1670. The van der Waals surface area contributed by atoms with Crippen LogP contribution in [-0.2, 0) is 22.3 Å². The predicted molar refractivity (Wildman–Crippen MR) is 155 cm³/mol. The monoisotopic (exact) mass is 615 g/mol.